The van der Waals surface area contributed by atoms with E-state index < -0.39 is 6.04 Å². The van der Waals surface area contributed by atoms with Gasteiger partial charge in [0.05, 0.1) is 5.75 Å². The van der Waals surface area contributed by atoms with Crippen molar-refractivity contribution >= 4 is 23.6 Å². The van der Waals surface area contributed by atoms with Crippen LogP contribution in [0.3, 0.4) is 0 Å². The molecule has 6 heteroatoms. The average molecular weight is 507 g/mol. The van der Waals surface area contributed by atoms with Crippen LogP contribution in [0.4, 0.5) is 4.39 Å². The van der Waals surface area contributed by atoms with E-state index in [-0.39, 0.29) is 36.0 Å². The van der Waals surface area contributed by atoms with E-state index in [1.165, 1.54) is 29.0 Å². The lowest BCUT2D eigenvalue weighted by molar-refractivity contribution is -0.139. The fourth-order valence-corrected chi connectivity index (χ4v) is 4.89. The number of nitrogens with one attached hydrogen (secondary N) is 1. The predicted molar refractivity (Wildman–Crippen MR) is 146 cm³/mol. The van der Waals surface area contributed by atoms with Crippen molar-refractivity contribution in [2.24, 2.45) is 0 Å². The Morgan fingerprint density at radius 2 is 1.58 bits per heavy atom. The molecule has 3 aromatic carbocycles. The predicted octanol–water partition coefficient (Wildman–Crippen LogP) is 5.92. The van der Waals surface area contributed by atoms with Gasteiger partial charge in [-0.15, -0.1) is 11.8 Å². The fourth-order valence-electron chi connectivity index (χ4n) is 3.91. The van der Waals surface area contributed by atoms with Crippen LogP contribution in [0.25, 0.3) is 0 Å². The number of carbonyl (C=O) groups excluding carboxylic acids is 2. The first kappa shape index (κ1) is 27.5. The second-order valence-corrected chi connectivity index (χ2v) is 10.0. The molecule has 0 bridgehead atoms. The number of hydrogen-bond donors (Lipinski definition) is 1. The van der Waals surface area contributed by atoms with Gasteiger partial charge in [-0.1, -0.05) is 79.7 Å². The summed E-state index contributed by atoms with van der Waals surface area (Å²) in [6.45, 7) is 6.03. The highest BCUT2D eigenvalue weighted by Crippen LogP contribution is 2.21. The summed E-state index contributed by atoms with van der Waals surface area (Å²) in [5.41, 5.74) is 3.69. The van der Waals surface area contributed by atoms with Gasteiger partial charge in [-0.3, -0.25) is 9.59 Å². The second-order valence-electron chi connectivity index (χ2n) is 9.06. The lowest BCUT2D eigenvalue weighted by Crippen LogP contribution is -2.52. The first-order valence-electron chi connectivity index (χ1n) is 12.4. The highest BCUT2D eigenvalue weighted by molar-refractivity contribution is 7.99. The quantitative estimate of drug-likeness (QED) is 0.332. The Labute approximate surface area is 218 Å². The summed E-state index contributed by atoms with van der Waals surface area (Å²) in [7, 11) is 0. The number of thioether (sulfide) groups is 1. The summed E-state index contributed by atoms with van der Waals surface area (Å²) >= 11 is 1.51. The van der Waals surface area contributed by atoms with Crippen LogP contribution in [0.2, 0.25) is 0 Å². The van der Waals surface area contributed by atoms with Gasteiger partial charge in [0.2, 0.25) is 11.8 Å². The Balaban J connectivity index is 1.87. The fraction of sp³-hybridized carbons (Fsp3) is 0.333. The summed E-state index contributed by atoms with van der Waals surface area (Å²) in [5.74, 6) is 0.0986. The minimum absolute atomic E-state index is 0.0296. The number of aryl methyl sites for hydroxylation is 1. The van der Waals surface area contributed by atoms with Gasteiger partial charge in [-0.2, -0.15) is 0 Å². The third-order valence-electron chi connectivity index (χ3n) is 6.32. The highest BCUT2D eigenvalue weighted by atomic mass is 32.2. The largest absolute Gasteiger partial charge is 0.352 e. The molecule has 0 fully saturated rings. The molecule has 0 heterocycles. The number of carbonyl (C=O) groups is 2. The number of hydrogen-bond acceptors (Lipinski definition) is 3. The molecule has 2 atom stereocenters. The summed E-state index contributed by atoms with van der Waals surface area (Å²) in [4.78, 5) is 28.7. The third kappa shape index (κ3) is 7.95. The van der Waals surface area contributed by atoms with Crippen molar-refractivity contribution in [1.29, 1.82) is 0 Å². The summed E-state index contributed by atoms with van der Waals surface area (Å²) in [6.07, 6.45) is 1.13. The van der Waals surface area contributed by atoms with Crippen LogP contribution in [-0.4, -0.2) is 34.6 Å². The minimum atomic E-state index is -0.757. The molecule has 4 nitrogen and oxygen atoms in total. The maximum Gasteiger partial charge on any atom is 0.243 e. The average Bonchev–Trinajstić information content (AvgIpc) is 2.88. The van der Waals surface area contributed by atoms with Crippen LogP contribution < -0.4 is 5.32 Å². The standard InChI is InChI=1S/C30H35FN2O2S/c1-4-23(3)32-30(35)28(18-24-13-6-5-7-14-24)33(19-25-15-10-11-17-27(25)31)29(34)21-36-20-26-16-9-8-12-22(26)2/h5-17,23,28H,4,18-21H2,1-3H3,(H,32,35). The zero-order valence-electron chi connectivity index (χ0n) is 21.2. The first-order valence-corrected chi connectivity index (χ1v) is 13.5. The van der Waals surface area contributed by atoms with Crippen molar-refractivity contribution in [2.75, 3.05) is 5.75 Å². The normalized spacial score (nSPS) is 12.6. The highest BCUT2D eigenvalue weighted by Gasteiger charge is 2.31. The number of benzene rings is 3. The lowest BCUT2D eigenvalue weighted by atomic mass is 10.0. The molecule has 36 heavy (non-hydrogen) atoms. The van der Waals surface area contributed by atoms with Gasteiger partial charge in [0.1, 0.15) is 11.9 Å². The number of amides is 2. The molecular weight excluding hydrogens is 471 g/mol. The molecule has 0 saturated heterocycles. The molecule has 3 rings (SSSR count). The van der Waals surface area contributed by atoms with Gasteiger partial charge in [0.15, 0.2) is 0 Å². The maximum atomic E-state index is 14.6. The molecule has 0 aliphatic rings. The SMILES string of the molecule is CCC(C)NC(=O)C(Cc1ccccc1)N(Cc1ccccc1F)C(=O)CSCc1ccccc1C. The van der Waals surface area contributed by atoms with E-state index in [2.05, 4.69) is 24.4 Å². The molecule has 3 aromatic rings. The number of halogens is 1. The zero-order chi connectivity index (χ0) is 25.9. The van der Waals surface area contributed by atoms with Crippen LogP contribution in [0.1, 0.15) is 42.5 Å². The van der Waals surface area contributed by atoms with Crippen molar-refractivity contribution in [3.8, 4) is 0 Å². The van der Waals surface area contributed by atoms with Crippen molar-refractivity contribution in [2.45, 2.75) is 58.0 Å². The lowest BCUT2D eigenvalue weighted by Gasteiger charge is -2.32. The molecule has 2 amide bonds. The summed E-state index contributed by atoms with van der Waals surface area (Å²) in [5, 5.41) is 3.04. The minimum Gasteiger partial charge on any atom is -0.352 e. The van der Waals surface area contributed by atoms with E-state index in [0.29, 0.717) is 17.7 Å². The molecule has 2 unspecified atom stereocenters. The zero-order valence-corrected chi connectivity index (χ0v) is 22.1. The number of nitrogens with zero attached hydrogens (tertiary/aromatic N) is 1. The molecule has 0 aromatic heterocycles. The number of rotatable bonds is 12. The van der Waals surface area contributed by atoms with E-state index in [9.17, 15) is 14.0 Å². The van der Waals surface area contributed by atoms with Gasteiger partial charge in [0, 0.05) is 30.3 Å². The molecule has 0 spiro atoms. The Bertz CT molecular complexity index is 1140. The van der Waals surface area contributed by atoms with E-state index in [1.807, 2.05) is 56.3 Å². The van der Waals surface area contributed by atoms with Crippen molar-refractivity contribution < 1.29 is 14.0 Å². The maximum absolute atomic E-state index is 14.6. The van der Waals surface area contributed by atoms with E-state index in [1.54, 1.807) is 23.1 Å². The van der Waals surface area contributed by atoms with Gasteiger partial charge in [-0.25, -0.2) is 4.39 Å². The van der Waals surface area contributed by atoms with Crippen LogP contribution in [0.15, 0.2) is 78.9 Å². The monoisotopic (exact) mass is 506 g/mol. The van der Waals surface area contributed by atoms with Gasteiger partial charge < -0.3 is 10.2 Å². The van der Waals surface area contributed by atoms with Gasteiger partial charge >= 0.3 is 0 Å². The molecule has 0 aliphatic carbocycles. The van der Waals surface area contributed by atoms with Crippen LogP contribution >= 0.6 is 11.8 Å². The first-order chi connectivity index (χ1) is 17.4. The second kappa shape index (κ2) is 13.8. The van der Waals surface area contributed by atoms with Crippen molar-refractivity contribution in [1.82, 2.24) is 10.2 Å². The molecule has 190 valence electrons. The van der Waals surface area contributed by atoms with Gasteiger partial charge in [0.25, 0.3) is 0 Å². The van der Waals surface area contributed by atoms with Crippen molar-refractivity contribution in [3.63, 3.8) is 0 Å². The molecular formula is C30H35FN2O2S. The molecule has 0 aliphatic heterocycles. The Hall–Kier alpha value is -3.12. The van der Waals surface area contributed by atoms with Gasteiger partial charge in [-0.05, 0) is 43.0 Å². The Kier molecular flexibility index (Phi) is 10.6. The van der Waals surface area contributed by atoms with E-state index >= 15 is 0 Å². The van der Waals surface area contributed by atoms with E-state index in [4.69, 9.17) is 0 Å². The smallest absolute Gasteiger partial charge is 0.243 e. The Morgan fingerprint density at radius 3 is 2.25 bits per heavy atom. The van der Waals surface area contributed by atoms with E-state index in [0.717, 1.165) is 12.0 Å². The van der Waals surface area contributed by atoms with Crippen LogP contribution in [0.5, 0.6) is 0 Å². The molecule has 0 saturated carbocycles. The summed E-state index contributed by atoms with van der Waals surface area (Å²) < 4.78 is 14.6. The summed E-state index contributed by atoms with van der Waals surface area (Å²) in [6, 6.07) is 23.4. The topological polar surface area (TPSA) is 49.4 Å². The Morgan fingerprint density at radius 1 is 0.944 bits per heavy atom. The van der Waals surface area contributed by atoms with Crippen LogP contribution in [0, 0.1) is 12.7 Å². The van der Waals surface area contributed by atoms with Crippen LogP contribution in [-0.2, 0) is 28.3 Å². The molecule has 0 radical (unpaired) electrons. The van der Waals surface area contributed by atoms with Crippen molar-refractivity contribution in [3.05, 3.63) is 107 Å². The molecule has 1 N–H and O–H groups in total. The third-order valence-corrected chi connectivity index (χ3v) is 7.28.